The highest BCUT2D eigenvalue weighted by atomic mass is 19.1. The minimum absolute atomic E-state index is 0.284. The Morgan fingerprint density at radius 1 is 0.283 bits per heavy atom. The minimum Gasteiger partial charge on any atom is -0.206 e. The van der Waals surface area contributed by atoms with Gasteiger partial charge in [0.05, 0.1) is 5.56 Å². The molecule has 0 radical (unpaired) electrons. The van der Waals surface area contributed by atoms with Crippen LogP contribution in [0.4, 0.5) is 4.39 Å². The zero-order valence-corrected chi connectivity index (χ0v) is 31.8. The van der Waals surface area contributed by atoms with E-state index in [2.05, 4.69) is 132 Å². The predicted molar refractivity (Wildman–Crippen MR) is 220 cm³/mol. The Morgan fingerprint density at radius 2 is 0.585 bits per heavy atom. The van der Waals surface area contributed by atoms with Crippen LogP contribution in [0.2, 0.25) is 0 Å². The molecule has 0 fully saturated rings. The Kier molecular flexibility index (Phi) is 12.5. The van der Waals surface area contributed by atoms with Crippen molar-refractivity contribution >= 4 is 0 Å². The van der Waals surface area contributed by atoms with Crippen LogP contribution in [-0.2, 0) is 0 Å². The van der Waals surface area contributed by atoms with E-state index in [9.17, 15) is 4.39 Å². The Bertz CT molecular complexity index is 2520. The quantitative estimate of drug-likeness (QED) is 0.140. The third kappa shape index (κ3) is 11.0. The molecular weight excluding hydrogens is 644 g/mol. The van der Waals surface area contributed by atoms with E-state index in [0.29, 0.717) is 5.56 Å². The van der Waals surface area contributed by atoms with E-state index >= 15 is 0 Å². The van der Waals surface area contributed by atoms with Gasteiger partial charge in [0.2, 0.25) is 0 Å². The van der Waals surface area contributed by atoms with Crippen molar-refractivity contribution < 1.29 is 4.39 Å². The summed E-state index contributed by atoms with van der Waals surface area (Å²) in [5, 5.41) is 0. The van der Waals surface area contributed by atoms with Crippen molar-refractivity contribution in [3.63, 3.8) is 0 Å². The van der Waals surface area contributed by atoms with Crippen LogP contribution < -0.4 is 0 Å². The van der Waals surface area contributed by atoms with Crippen LogP contribution in [0.15, 0.2) is 115 Å². The lowest BCUT2D eigenvalue weighted by Gasteiger charge is -2.04. The summed E-state index contributed by atoms with van der Waals surface area (Å²) in [6.07, 6.45) is 0. The third-order valence-corrected chi connectivity index (χ3v) is 9.00. The number of rotatable bonds is 0. The normalized spacial score (nSPS) is 9.75. The topological polar surface area (TPSA) is 0 Å². The van der Waals surface area contributed by atoms with Gasteiger partial charge >= 0.3 is 0 Å². The molecule has 6 aromatic carbocycles. The van der Waals surface area contributed by atoms with Gasteiger partial charge in [0.15, 0.2) is 0 Å². The van der Waals surface area contributed by atoms with Gasteiger partial charge in [-0.1, -0.05) is 83.3 Å². The standard InChI is InChI=1S/C26H21F.C26H22/c1-18-5-12-24(26(27)15-18)13-10-22-6-8-23(9-7-22)11-14-25-17-20(3)19(2)16-21(25)4;1-19-5-7-23(8-6-19)9-10-24-11-13-25(14-12-24)15-16-26-18-21(3)20(2)17-22(26)4/h5-9,12,15-17H,1-4H3;5-8,11-14,17-18H,1-4H3. The number of hydrogen-bond donors (Lipinski definition) is 0. The first-order valence-corrected chi connectivity index (χ1v) is 17.7. The molecule has 0 aliphatic rings. The van der Waals surface area contributed by atoms with Gasteiger partial charge in [0.25, 0.3) is 0 Å². The molecule has 0 heterocycles. The largest absolute Gasteiger partial charge is 0.206 e. The molecule has 0 atom stereocenters. The van der Waals surface area contributed by atoms with Gasteiger partial charge in [0, 0.05) is 38.9 Å². The highest BCUT2D eigenvalue weighted by Crippen LogP contribution is 2.16. The first-order valence-electron chi connectivity index (χ1n) is 17.7. The number of halogens is 1. The molecule has 6 rings (SSSR count). The van der Waals surface area contributed by atoms with Crippen molar-refractivity contribution in [2.45, 2.75) is 55.4 Å². The molecular formula is C52H43F. The summed E-state index contributed by atoms with van der Waals surface area (Å²) in [6, 6.07) is 37.8. The maximum Gasteiger partial charge on any atom is 0.139 e. The van der Waals surface area contributed by atoms with Gasteiger partial charge in [-0.2, -0.15) is 0 Å². The third-order valence-electron chi connectivity index (χ3n) is 9.00. The Labute approximate surface area is 316 Å². The molecule has 0 N–H and O–H groups in total. The van der Waals surface area contributed by atoms with Crippen LogP contribution in [0.5, 0.6) is 0 Å². The average Bonchev–Trinajstić information content (AvgIpc) is 3.14. The highest BCUT2D eigenvalue weighted by molar-refractivity contribution is 5.53. The second-order valence-electron chi connectivity index (χ2n) is 13.5. The van der Waals surface area contributed by atoms with Crippen LogP contribution in [0.25, 0.3) is 0 Å². The number of aryl methyl sites for hydroxylation is 8. The molecule has 0 bridgehead atoms. The fraction of sp³-hybridized carbons (Fsp3) is 0.154. The summed E-state index contributed by atoms with van der Waals surface area (Å²) in [7, 11) is 0. The van der Waals surface area contributed by atoms with Crippen LogP contribution in [-0.4, -0.2) is 0 Å². The zero-order chi connectivity index (χ0) is 37.9. The molecule has 0 spiro atoms. The van der Waals surface area contributed by atoms with Crippen molar-refractivity contribution in [2.24, 2.45) is 0 Å². The van der Waals surface area contributed by atoms with E-state index in [4.69, 9.17) is 0 Å². The van der Waals surface area contributed by atoms with Gasteiger partial charge in [-0.25, -0.2) is 4.39 Å². The van der Waals surface area contributed by atoms with E-state index < -0.39 is 0 Å². The molecule has 0 unspecified atom stereocenters. The summed E-state index contributed by atoms with van der Waals surface area (Å²) < 4.78 is 13.8. The molecule has 6 aromatic rings. The molecule has 0 aliphatic carbocycles. The fourth-order valence-corrected chi connectivity index (χ4v) is 5.39. The van der Waals surface area contributed by atoms with Crippen molar-refractivity contribution in [3.8, 4) is 47.4 Å². The summed E-state index contributed by atoms with van der Waals surface area (Å²) >= 11 is 0. The summed E-state index contributed by atoms with van der Waals surface area (Å²) in [5.74, 6) is 25.0. The maximum atomic E-state index is 13.8. The Morgan fingerprint density at radius 3 is 0.962 bits per heavy atom. The van der Waals surface area contributed by atoms with Crippen molar-refractivity contribution in [3.05, 3.63) is 210 Å². The SMILES string of the molecule is Cc1ccc(C#Cc2ccc(C#Cc3cc(C)c(C)cc3C)cc2)c(F)c1.Cc1ccc(C#Cc2ccc(C#Cc3cc(C)c(C)cc3C)cc2)cc1. The molecule has 258 valence electrons. The van der Waals surface area contributed by atoms with Crippen LogP contribution in [0.3, 0.4) is 0 Å². The van der Waals surface area contributed by atoms with Crippen molar-refractivity contribution in [1.29, 1.82) is 0 Å². The average molecular weight is 687 g/mol. The monoisotopic (exact) mass is 686 g/mol. The second-order valence-corrected chi connectivity index (χ2v) is 13.5. The van der Waals surface area contributed by atoms with Crippen molar-refractivity contribution in [1.82, 2.24) is 0 Å². The highest BCUT2D eigenvalue weighted by Gasteiger charge is 2.01. The first-order chi connectivity index (χ1) is 25.4. The van der Waals surface area contributed by atoms with Gasteiger partial charge in [0.1, 0.15) is 5.82 Å². The van der Waals surface area contributed by atoms with Gasteiger partial charge in [-0.15, -0.1) is 0 Å². The van der Waals surface area contributed by atoms with E-state index in [-0.39, 0.29) is 5.82 Å². The lowest BCUT2D eigenvalue weighted by molar-refractivity contribution is 0.623. The lowest BCUT2D eigenvalue weighted by atomic mass is 10.0. The molecule has 53 heavy (non-hydrogen) atoms. The Balaban J connectivity index is 0.000000204. The lowest BCUT2D eigenvalue weighted by Crippen LogP contribution is -1.88. The van der Waals surface area contributed by atoms with Crippen LogP contribution in [0.1, 0.15) is 89.0 Å². The maximum absolute atomic E-state index is 13.8. The predicted octanol–water partition coefficient (Wildman–Crippen LogP) is 11.6. The second kappa shape index (κ2) is 17.6. The van der Waals surface area contributed by atoms with Gasteiger partial charge in [-0.05, 0) is 179 Å². The van der Waals surface area contributed by atoms with E-state index in [0.717, 1.165) is 44.5 Å². The van der Waals surface area contributed by atoms with E-state index in [1.165, 1.54) is 45.0 Å². The summed E-state index contributed by atoms with van der Waals surface area (Å²) in [6.45, 7) is 16.6. The molecule has 0 nitrogen and oxygen atoms in total. The first kappa shape index (κ1) is 37.7. The molecule has 0 aromatic heterocycles. The molecule has 0 saturated heterocycles. The molecule has 0 aliphatic heterocycles. The zero-order valence-electron chi connectivity index (χ0n) is 31.8. The molecule has 1 heteroatoms. The smallest absolute Gasteiger partial charge is 0.139 e. The summed E-state index contributed by atoms with van der Waals surface area (Å²) in [4.78, 5) is 0. The fourth-order valence-electron chi connectivity index (χ4n) is 5.39. The van der Waals surface area contributed by atoms with Crippen LogP contribution in [0, 0.1) is 109 Å². The minimum atomic E-state index is -0.284. The number of hydrogen-bond acceptors (Lipinski definition) is 0. The van der Waals surface area contributed by atoms with Crippen molar-refractivity contribution in [2.75, 3.05) is 0 Å². The van der Waals surface area contributed by atoms with Gasteiger partial charge < -0.3 is 0 Å². The van der Waals surface area contributed by atoms with Crippen LogP contribution >= 0.6 is 0 Å². The molecule has 0 saturated carbocycles. The van der Waals surface area contributed by atoms with Gasteiger partial charge in [-0.3, -0.25) is 0 Å². The van der Waals surface area contributed by atoms with E-state index in [1.807, 2.05) is 73.7 Å². The summed E-state index contributed by atoms with van der Waals surface area (Å²) in [5.41, 5.74) is 17.0. The molecule has 0 amide bonds. The number of benzene rings is 6. The van der Waals surface area contributed by atoms with E-state index in [1.54, 1.807) is 6.07 Å². The Hall–Kier alpha value is -6.51.